The van der Waals surface area contributed by atoms with Crippen LogP contribution in [0.3, 0.4) is 0 Å². The molecule has 5 nitrogen and oxygen atoms in total. The van der Waals surface area contributed by atoms with Crippen molar-refractivity contribution >= 4 is 5.91 Å². The average Bonchev–Trinajstić information content (AvgIpc) is 3.37. The van der Waals surface area contributed by atoms with Crippen LogP contribution < -0.4 is 0 Å². The van der Waals surface area contributed by atoms with Gasteiger partial charge in [0, 0.05) is 18.2 Å². The number of oxazole rings is 1. The Bertz CT molecular complexity index is 1100. The third-order valence-corrected chi connectivity index (χ3v) is 4.49. The van der Waals surface area contributed by atoms with Crippen LogP contribution in [0.2, 0.25) is 0 Å². The van der Waals surface area contributed by atoms with Crippen molar-refractivity contribution in [3.8, 4) is 22.8 Å². The summed E-state index contributed by atoms with van der Waals surface area (Å²) in [6, 6.07) is 20.9. The third-order valence-electron chi connectivity index (χ3n) is 4.49. The molecule has 0 fully saturated rings. The molecule has 2 aromatic carbocycles. The minimum atomic E-state index is -0.121. The Morgan fingerprint density at radius 2 is 1.71 bits per heavy atom. The van der Waals surface area contributed by atoms with Crippen LogP contribution in [0.25, 0.3) is 22.8 Å². The van der Waals surface area contributed by atoms with E-state index in [0.717, 1.165) is 17.1 Å². The SMILES string of the molecule is Cc1ccc(CN(C)C(=O)c2ccccc2-c2ncc(-c3ccccc3)o2)o1. The summed E-state index contributed by atoms with van der Waals surface area (Å²) in [5.41, 5.74) is 2.14. The topological polar surface area (TPSA) is 59.5 Å². The Hall–Kier alpha value is -3.60. The van der Waals surface area contributed by atoms with Crippen molar-refractivity contribution in [2.75, 3.05) is 7.05 Å². The first-order valence-corrected chi connectivity index (χ1v) is 9.03. The van der Waals surface area contributed by atoms with E-state index in [1.807, 2.05) is 67.6 Å². The molecule has 5 heteroatoms. The van der Waals surface area contributed by atoms with E-state index in [-0.39, 0.29) is 5.91 Å². The van der Waals surface area contributed by atoms with E-state index in [1.165, 1.54) is 0 Å². The monoisotopic (exact) mass is 372 g/mol. The van der Waals surface area contributed by atoms with Crippen molar-refractivity contribution in [2.45, 2.75) is 13.5 Å². The summed E-state index contributed by atoms with van der Waals surface area (Å²) in [4.78, 5) is 19.1. The molecule has 4 aromatic rings. The van der Waals surface area contributed by atoms with E-state index >= 15 is 0 Å². The molecule has 2 aromatic heterocycles. The lowest BCUT2D eigenvalue weighted by Gasteiger charge is -2.17. The lowest BCUT2D eigenvalue weighted by Crippen LogP contribution is -2.26. The van der Waals surface area contributed by atoms with E-state index in [4.69, 9.17) is 8.83 Å². The van der Waals surface area contributed by atoms with Crippen LogP contribution in [0, 0.1) is 6.92 Å². The molecule has 0 aliphatic heterocycles. The Kier molecular flexibility index (Phi) is 4.81. The first kappa shape index (κ1) is 17.8. The Morgan fingerprint density at radius 1 is 0.964 bits per heavy atom. The molecule has 4 rings (SSSR count). The van der Waals surface area contributed by atoms with Gasteiger partial charge in [0.25, 0.3) is 5.91 Å². The standard InChI is InChI=1S/C23H20N2O3/c1-16-12-13-18(27-16)15-25(2)23(26)20-11-7-6-10-19(20)22-24-14-21(28-22)17-8-4-3-5-9-17/h3-14H,15H2,1-2H3. The predicted molar refractivity (Wildman–Crippen MR) is 107 cm³/mol. The lowest BCUT2D eigenvalue weighted by molar-refractivity contribution is 0.0775. The van der Waals surface area contributed by atoms with Gasteiger partial charge in [-0.25, -0.2) is 4.98 Å². The minimum Gasteiger partial charge on any atom is -0.464 e. The van der Waals surface area contributed by atoms with Gasteiger partial charge in [0.05, 0.1) is 18.3 Å². The Labute approximate surface area is 163 Å². The van der Waals surface area contributed by atoms with Crippen molar-refractivity contribution in [3.05, 3.63) is 90.0 Å². The van der Waals surface area contributed by atoms with Crippen molar-refractivity contribution in [1.29, 1.82) is 0 Å². The van der Waals surface area contributed by atoms with Gasteiger partial charge >= 0.3 is 0 Å². The van der Waals surface area contributed by atoms with E-state index in [1.54, 1.807) is 24.2 Å². The third kappa shape index (κ3) is 3.60. The second-order valence-electron chi connectivity index (χ2n) is 6.61. The molecule has 2 heterocycles. The molecule has 0 atom stereocenters. The van der Waals surface area contributed by atoms with Gasteiger partial charge in [-0.05, 0) is 31.2 Å². The quantitative estimate of drug-likeness (QED) is 0.484. The summed E-state index contributed by atoms with van der Waals surface area (Å²) < 4.78 is 11.5. The number of benzene rings is 2. The van der Waals surface area contributed by atoms with Crippen LogP contribution in [0.15, 0.2) is 81.8 Å². The predicted octanol–water partition coefficient (Wildman–Crippen LogP) is 5.18. The van der Waals surface area contributed by atoms with Crippen LogP contribution in [-0.2, 0) is 6.54 Å². The van der Waals surface area contributed by atoms with E-state index in [2.05, 4.69) is 4.98 Å². The maximum atomic E-state index is 13.0. The normalized spacial score (nSPS) is 10.8. The summed E-state index contributed by atoms with van der Waals surface area (Å²) in [5, 5.41) is 0. The molecule has 0 saturated heterocycles. The van der Waals surface area contributed by atoms with Crippen molar-refractivity contribution in [2.24, 2.45) is 0 Å². The highest BCUT2D eigenvalue weighted by molar-refractivity contribution is 5.99. The fraction of sp³-hybridized carbons (Fsp3) is 0.130. The fourth-order valence-electron chi connectivity index (χ4n) is 3.07. The van der Waals surface area contributed by atoms with Gasteiger partial charge in [0.2, 0.25) is 5.89 Å². The molecule has 0 N–H and O–H groups in total. The van der Waals surface area contributed by atoms with Crippen LogP contribution in [-0.4, -0.2) is 22.8 Å². The molecule has 0 bridgehead atoms. The van der Waals surface area contributed by atoms with Crippen LogP contribution in [0.1, 0.15) is 21.9 Å². The molecule has 140 valence electrons. The second kappa shape index (κ2) is 7.56. The molecule has 0 saturated carbocycles. The summed E-state index contributed by atoms with van der Waals surface area (Å²) >= 11 is 0. The number of aromatic nitrogens is 1. The van der Waals surface area contributed by atoms with Gasteiger partial charge in [-0.3, -0.25) is 4.79 Å². The maximum absolute atomic E-state index is 13.0. The zero-order valence-corrected chi connectivity index (χ0v) is 15.8. The zero-order chi connectivity index (χ0) is 19.5. The number of furan rings is 1. The zero-order valence-electron chi connectivity index (χ0n) is 15.8. The van der Waals surface area contributed by atoms with Gasteiger partial charge < -0.3 is 13.7 Å². The molecular formula is C23H20N2O3. The fourth-order valence-corrected chi connectivity index (χ4v) is 3.07. The smallest absolute Gasteiger partial charge is 0.254 e. The number of hydrogen-bond acceptors (Lipinski definition) is 4. The molecule has 0 unspecified atom stereocenters. The van der Waals surface area contributed by atoms with Gasteiger partial charge in [-0.2, -0.15) is 0 Å². The number of nitrogens with zero attached hydrogens (tertiary/aromatic N) is 2. The second-order valence-corrected chi connectivity index (χ2v) is 6.61. The van der Waals surface area contributed by atoms with Crippen molar-refractivity contribution in [3.63, 3.8) is 0 Å². The molecule has 0 aliphatic rings. The summed E-state index contributed by atoms with van der Waals surface area (Å²) in [6.45, 7) is 2.27. The van der Waals surface area contributed by atoms with E-state index in [0.29, 0.717) is 29.3 Å². The first-order chi connectivity index (χ1) is 13.6. The Morgan fingerprint density at radius 3 is 2.46 bits per heavy atom. The van der Waals surface area contributed by atoms with Gasteiger partial charge in [-0.1, -0.05) is 42.5 Å². The summed E-state index contributed by atoms with van der Waals surface area (Å²) in [6.07, 6.45) is 1.68. The van der Waals surface area contributed by atoms with Gasteiger partial charge in [-0.15, -0.1) is 0 Å². The van der Waals surface area contributed by atoms with E-state index < -0.39 is 0 Å². The highest BCUT2D eigenvalue weighted by atomic mass is 16.4. The average molecular weight is 372 g/mol. The van der Waals surface area contributed by atoms with Crippen LogP contribution in [0.4, 0.5) is 0 Å². The van der Waals surface area contributed by atoms with Crippen molar-refractivity contribution in [1.82, 2.24) is 9.88 Å². The van der Waals surface area contributed by atoms with Gasteiger partial charge in [0.15, 0.2) is 5.76 Å². The largest absolute Gasteiger partial charge is 0.464 e. The number of carbonyl (C=O) groups excluding carboxylic acids is 1. The highest BCUT2D eigenvalue weighted by Crippen LogP contribution is 2.28. The van der Waals surface area contributed by atoms with Gasteiger partial charge in [0.1, 0.15) is 11.5 Å². The highest BCUT2D eigenvalue weighted by Gasteiger charge is 2.20. The Balaban J connectivity index is 1.62. The molecule has 0 spiro atoms. The molecule has 28 heavy (non-hydrogen) atoms. The molecule has 0 radical (unpaired) electrons. The minimum absolute atomic E-state index is 0.121. The first-order valence-electron chi connectivity index (χ1n) is 9.03. The number of aryl methyl sites for hydroxylation is 1. The number of rotatable bonds is 5. The van der Waals surface area contributed by atoms with Crippen LogP contribution in [0.5, 0.6) is 0 Å². The van der Waals surface area contributed by atoms with E-state index in [9.17, 15) is 4.79 Å². The number of hydrogen-bond donors (Lipinski definition) is 0. The number of amides is 1. The number of carbonyl (C=O) groups is 1. The lowest BCUT2D eigenvalue weighted by atomic mass is 10.1. The van der Waals surface area contributed by atoms with Crippen LogP contribution >= 0.6 is 0 Å². The summed E-state index contributed by atoms with van der Waals surface area (Å²) in [7, 11) is 1.75. The molecule has 0 aliphatic carbocycles. The van der Waals surface area contributed by atoms with Crippen molar-refractivity contribution < 1.29 is 13.6 Å². The summed E-state index contributed by atoms with van der Waals surface area (Å²) in [5.74, 6) is 2.53. The molecular weight excluding hydrogens is 352 g/mol. The maximum Gasteiger partial charge on any atom is 0.254 e. The molecule has 1 amide bonds.